The topological polar surface area (TPSA) is 93.6 Å². The number of morpholine rings is 1. The fourth-order valence-electron chi connectivity index (χ4n) is 7.82. The van der Waals surface area contributed by atoms with Gasteiger partial charge in [-0.05, 0) is 31.2 Å². The van der Waals surface area contributed by atoms with Gasteiger partial charge in [-0.2, -0.15) is 0 Å². The van der Waals surface area contributed by atoms with Crippen molar-refractivity contribution in [1.82, 2.24) is 19.6 Å². The van der Waals surface area contributed by atoms with E-state index in [1.54, 1.807) is 28.8 Å². The van der Waals surface area contributed by atoms with Crippen LogP contribution in [0.25, 0.3) is 0 Å². The number of hydrogen-bond acceptors (Lipinski definition) is 7. The Morgan fingerprint density at radius 2 is 1.80 bits per heavy atom. The lowest BCUT2D eigenvalue weighted by Gasteiger charge is -2.40. The Balaban J connectivity index is 1.51. The lowest BCUT2D eigenvalue weighted by molar-refractivity contribution is -0.147. The largest absolute Gasteiger partial charge is 0.394 e. The smallest absolute Gasteiger partial charge is 0.247 e. The van der Waals surface area contributed by atoms with Crippen molar-refractivity contribution in [2.45, 2.75) is 54.7 Å². The van der Waals surface area contributed by atoms with Crippen molar-refractivity contribution >= 4 is 29.5 Å². The molecule has 1 N–H and O–H groups in total. The highest BCUT2D eigenvalue weighted by molar-refractivity contribution is 8.02. The van der Waals surface area contributed by atoms with Crippen LogP contribution in [0.15, 0.2) is 55.6 Å². The maximum absolute atomic E-state index is 14.8. The highest BCUT2D eigenvalue weighted by Crippen LogP contribution is 2.67. The Labute approximate surface area is 266 Å². The van der Waals surface area contributed by atoms with E-state index in [9.17, 15) is 19.5 Å². The Hall–Kier alpha value is -2.66. The van der Waals surface area contributed by atoms with E-state index in [2.05, 4.69) is 18.1 Å². The second-order valence-electron chi connectivity index (χ2n) is 12.4. The molecule has 44 heavy (non-hydrogen) atoms. The zero-order valence-electron chi connectivity index (χ0n) is 26.0. The number of carbonyl (C=O) groups is 3. The third-order valence-electron chi connectivity index (χ3n) is 9.78. The first kappa shape index (κ1) is 32.7. The highest BCUT2D eigenvalue weighted by atomic mass is 32.2. The van der Waals surface area contributed by atoms with Gasteiger partial charge in [0, 0.05) is 51.1 Å². The van der Waals surface area contributed by atoms with E-state index in [4.69, 9.17) is 4.74 Å². The molecule has 240 valence electrons. The van der Waals surface area contributed by atoms with Crippen LogP contribution in [0.1, 0.15) is 31.7 Å². The number of rotatable bonds is 15. The third-order valence-corrected chi connectivity index (χ3v) is 11.7. The summed E-state index contributed by atoms with van der Waals surface area (Å²) in [4.78, 5) is 51.3. The van der Waals surface area contributed by atoms with Crippen LogP contribution in [0.3, 0.4) is 0 Å². The molecule has 4 heterocycles. The molecule has 3 amide bonds. The first-order valence-electron chi connectivity index (χ1n) is 16.1. The van der Waals surface area contributed by atoms with Gasteiger partial charge < -0.3 is 24.5 Å². The van der Waals surface area contributed by atoms with Crippen LogP contribution in [-0.4, -0.2) is 130 Å². The molecule has 1 aromatic carbocycles. The number of fused-ring (bicyclic) bond motifs is 1. The number of thioether (sulfide) groups is 1. The Bertz CT molecular complexity index is 1190. The summed E-state index contributed by atoms with van der Waals surface area (Å²) in [6, 6.07) is 8.43. The summed E-state index contributed by atoms with van der Waals surface area (Å²) in [5.74, 6) is -1.40. The number of nitrogens with zero attached hydrogens (tertiary/aromatic N) is 4. The molecule has 1 spiro atoms. The average molecular weight is 625 g/mol. The Morgan fingerprint density at radius 3 is 2.43 bits per heavy atom. The van der Waals surface area contributed by atoms with E-state index in [1.807, 2.05) is 47.1 Å². The maximum Gasteiger partial charge on any atom is 0.247 e. The first-order valence-corrected chi connectivity index (χ1v) is 17.0. The van der Waals surface area contributed by atoms with Crippen LogP contribution in [0.5, 0.6) is 0 Å². The highest BCUT2D eigenvalue weighted by Gasteiger charge is 2.74. The summed E-state index contributed by atoms with van der Waals surface area (Å²) in [5, 5.41) is 10.8. The standard InChI is InChI=1S/C34H48N4O5S/c1-4-14-36(15-5-2)31(40)28-27-12-13-34(44-27)29(28)32(41)38(26(24-39)23-25-10-8-7-9-11-25)30(34)33(42)37(16-6-3)18-17-35-19-21-43-22-20-35/h4,6-11,26-30,39H,1,3,5,12-24H2,2H3/t26-,27+,28-,29+,30?,34?/m1/s1. The third kappa shape index (κ3) is 6.23. The summed E-state index contributed by atoms with van der Waals surface area (Å²) in [5.41, 5.74) is 0.986. The second kappa shape index (κ2) is 14.6. The van der Waals surface area contributed by atoms with Crippen LogP contribution >= 0.6 is 11.8 Å². The molecule has 9 nitrogen and oxygen atoms in total. The fourth-order valence-corrected chi connectivity index (χ4v) is 10.0. The average Bonchev–Trinajstić information content (AvgIpc) is 3.69. The van der Waals surface area contributed by atoms with Gasteiger partial charge >= 0.3 is 0 Å². The molecule has 0 aromatic heterocycles. The molecule has 5 rings (SSSR count). The number of aliphatic hydroxyl groups excluding tert-OH is 1. The van der Waals surface area contributed by atoms with Crippen molar-refractivity contribution in [2.24, 2.45) is 11.8 Å². The van der Waals surface area contributed by atoms with Gasteiger partial charge in [0.25, 0.3) is 0 Å². The van der Waals surface area contributed by atoms with Crippen LogP contribution in [-0.2, 0) is 25.5 Å². The quantitative estimate of drug-likeness (QED) is 0.300. The molecular weight excluding hydrogens is 576 g/mol. The van der Waals surface area contributed by atoms with Crippen molar-refractivity contribution in [2.75, 3.05) is 65.6 Å². The number of ether oxygens (including phenoxy) is 1. The van der Waals surface area contributed by atoms with Crippen molar-refractivity contribution < 1.29 is 24.2 Å². The molecule has 4 aliphatic rings. The minimum Gasteiger partial charge on any atom is -0.394 e. The van der Waals surface area contributed by atoms with Crippen LogP contribution < -0.4 is 0 Å². The van der Waals surface area contributed by atoms with Gasteiger partial charge in [0.2, 0.25) is 17.7 Å². The molecule has 1 aromatic rings. The van der Waals surface area contributed by atoms with Gasteiger partial charge in [-0.3, -0.25) is 19.3 Å². The monoisotopic (exact) mass is 624 g/mol. The molecular formula is C34H48N4O5S. The van der Waals surface area contributed by atoms with Crippen molar-refractivity contribution in [3.05, 3.63) is 61.2 Å². The SMILES string of the molecule is C=CCN(CCN1CCOCC1)C(=O)C1N([C@@H](CO)Cc2ccccc2)C(=O)[C@@H]2[C@H](C(=O)N(CC=C)CCC)[C@@H]3CCC12S3. The lowest BCUT2D eigenvalue weighted by Crippen LogP contribution is -2.58. The lowest BCUT2D eigenvalue weighted by atomic mass is 9.70. The van der Waals surface area contributed by atoms with Gasteiger partial charge in [-0.1, -0.05) is 49.4 Å². The van der Waals surface area contributed by atoms with E-state index < -0.39 is 28.7 Å². The van der Waals surface area contributed by atoms with Crippen molar-refractivity contribution in [3.8, 4) is 0 Å². The maximum atomic E-state index is 14.8. The van der Waals surface area contributed by atoms with E-state index in [0.29, 0.717) is 58.8 Å². The van der Waals surface area contributed by atoms with Crippen LogP contribution in [0.4, 0.5) is 0 Å². The zero-order chi connectivity index (χ0) is 31.3. The minimum atomic E-state index is -0.766. The number of aliphatic hydroxyl groups is 1. The summed E-state index contributed by atoms with van der Waals surface area (Å²) in [7, 11) is 0. The van der Waals surface area contributed by atoms with E-state index in [-0.39, 0.29) is 29.6 Å². The number of hydrogen-bond donors (Lipinski definition) is 1. The molecule has 0 radical (unpaired) electrons. The van der Waals surface area contributed by atoms with Crippen molar-refractivity contribution in [3.63, 3.8) is 0 Å². The van der Waals surface area contributed by atoms with Gasteiger partial charge in [0.15, 0.2) is 0 Å². The number of benzene rings is 1. The normalized spacial score (nSPS) is 28.5. The van der Waals surface area contributed by atoms with Crippen LogP contribution in [0, 0.1) is 11.8 Å². The number of likely N-dealkylation sites (tertiary alicyclic amines) is 1. The molecule has 4 aliphatic heterocycles. The molecule has 2 bridgehead atoms. The fraction of sp³-hybridized carbons (Fsp3) is 0.618. The first-order chi connectivity index (χ1) is 21.4. The Morgan fingerprint density at radius 1 is 1.11 bits per heavy atom. The van der Waals surface area contributed by atoms with Gasteiger partial charge in [-0.25, -0.2) is 0 Å². The molecule has 4 fully saturated rings. The molecule has 0 saturated carbocycles. The summed E-state index contributed by atoms with van der Waals surface area (Å²) in [6.45, 7) is 15.2. The minimum absolute atomic E-state index is 0.0130. The van der Waals surface area contributed by atoms with E-state index >= 15 is 0 Å². The van der Waals surface area contributed by atoms with Gasteiger partial charge in [-0.15, -0.1) is 24.9 Å². The van der Waals surface area contributed by atoms with Crippen molar-refractivity contribution in [1.29, 1.82) is 0 Å². The molecule has 10 heteroatoms. The number of carbonyl (C=O) groups excluding carboxylic acids is 3. The molecule has 0 aliphatic carbocycles. The van der Waals surface area contributed by atoms with Crippen LogP contribution in [0.2, 0.25) is 0 Å². The predicted molar refractivity (Wildman–Crippen MR) is 173 cm³/mol. The predicted octanol–water partition coefficient (Wildman–Crippen LogP) is 2.45. The number of amides is 3. The second-order valence-corrected chi connectivity index (χ2v) is 14.0. The molecule has 6 atom stereocenters. The summed E-state index contributed by atoms with van der Waals surface area (Å²) >= 11 is 1.68. The zero-order valence-corrected chi connectivity index (χ0v) is 26.8. The molecule has 2 unspecified atom stereocenters. The van der Waals surface area contributed by atoms with E-state index in [1.165, 1.54) is 0 Å². The van der Waals surface area contributed by atoms with E-state index in [0.717, 1.165) is 31.5 Å². The molecule has 4 saturated heterocycles. The van der Waals surface area contributed by atoms with Gasteiger partial charge in [0.1, 0.15) is 6.04 Å². The Kier molecular flexibility index (Phi) is 10.9. The summed E-state index contributed by atoms with van der Waals surface area (Å²) < 4.78 is 4.79. The summed E-state index contributed by atoms with van der Waals surface area (Å²) in [6.07, 6.45) is 6.20. The van der Waals surface area contributed by atoms with Gasteiger partial charge in [0.05, 0.1) is 42.4 Å².